The van der Waals surface area contributed by atoms with Crippen LogP contribution in [0.25, 0.3) is 0 Å². The van der Waals surface area contributed by atoms with Gasteiger partial charge in [-0.1, -0.05) is 6.42 Å². The Bertz CT molecular complexity index is 411. The van der Waals surface area contributed by atoms with E-state index >= 15 is 0 Å². The molecule has 2 rings (SSSR count). The van der Waals surface area contributed by atoms with Crippen molar-refractivity contribution in [2.24, 2.45) is 5.92 Å². The highest BCUT2D eigenvalue weighted by Crippen LogP contribution is 2.25. The second-order valence-corrected chi connectivity index (χ2v) is 5.14. The highest BCUT2D eigenvalue weighted by Gasteiger charge is 2.28. The molecule has 1 aromatic rings. The van der Waals surface area contributed by atoms with Gasteiger partial charge in [0.25, 0.3) is 5.91 Å². The fourth-order valence-corrected chi connectivity index (χ4v) is 2.67. The molecule has 92 valence electrons. The summed E-state index contributed by atoms with van der Waals surface area (Å²) < 4.78 is 0.691. The smallest absolute Gasteiger partial charge is 0.271 e. The van der Waals surface area contributed by atoms with E-state index in [1.165, 1.54) is 0 Å². The van der Waals surface area contributed by atoms with E-state index in [9.17, 15) is 9.90 Å². The molecule has 0 aliphatic heterocycles. The number of pyridine rings is 1. The van der Waals surface area contributed by atoms with Crippen molar-refractivity contribution in [1.82, 2.24) is 10.3 Å². The molecule has 2 atom stereocenters. The summed E-state index contributed by atoms with van der Waals surface area (Å²) >= 11 is 3.31. The summed E-state index contributed by atoms with van der Waals surface area (Å²) in [4.78, 5) is 16.0. The van der Waals surface area contributed by atoms with E-state index in [1.54, 1.807) is 18.3 Å². The Labute approximate surface area is 109 Å². The fraction of sp³-hybridized carbons (Fsp3) is 0.500. The van der Waals surface area contributed by atoms with Gasteiger partial charge in [-0.2, -0.15) is 0 Å². The predicted molar refractivity (Wildman–Crippen MR) is 67.6 cm³/mol. The van der Waals surface area contributed by atoms with E-state index in [1.807, 2.05) is 0 Å². The second-order valence-electron chi connectivity index (χ2n) is 4.29. The maximum Gasteiger partial charge on any atom is 0.271 e. The molecule has 5 heteroatoms. The molecule has 2 unspecified atom stereocenters. The Morgan fingerprint density at radius 3 is 3.12 bits per heavy atom. The van der Waals surface area contributed by atoms with Crippen LogP contribution in [-0.4, -0.2) is 28.6 Å². The summed E-state index contributed by atoms with van der Waals surface area (Å²) in [5.41, 5.74) is 0.399. The first-order valence-corrected chi connectivity index (χ1v) is 6.54. The monoisotopic (exact) mass is 298 g/mol. The number of hydrogen-bond acceptors (Lipinski definition) is 3. The predicted octanol–water partition coefficient (Wildman–Crippen LogP) is 1.73. The molecule has 1 aliphatic carbocycles. The number of aromatic nitrogens is 1. The third kappa shape index (κ3) is 2.84. The molecule has 1 fully saturated rings. The third-order valence-corrected chi connectivity index (χ3v) is 3.82. The zero-order chi connectivity index (χ0) is 12.3. The number of rotatable bonds is 3. The van der Waals surface area contributed by atoms with E-state index in [2.05, 4.69) is 26.2 Å². The minimum Gasteiger partial charge on any atom is -0.396 e. The summed E-state index contributed by atoms with van der Waals surface area (Å²) in [6.07, 6.45) is 4.56. The molecule has 0 spiro atoms. The lowest BCUT2D eigenvalue weighted by atomic mass is 10.1. The number of carbonyl (C=O) groups excluding carboxylic acids is 1. The lowest BCUT2D eigenvalue weighted by Gasteiger charge is -2.18. The summed E-state index contributed by atoms with van der Waals surface area (Å²) in [6, 6.07) is 3.63. The highest BCUT2D eigenvalue weighted by atomic mass is 79.9. The molecule has 1 heterocycles. The first-order chi connectivity index (χ1) is 8.22. The molecular weight excluding hydrogens is 284 g/mol. The van der Waals surface area contributed by atoms with E-state index in [4.69, 9.17) is 0 Å². The average Bonchev–Trinajstić information content (AvgIpc) is 2.76. The van der Waals surface area contributed by atoms with E-state index < -0.39 is 0 Å². The number of amides is 1. The number of aliphatic hydroxyl groups excluding tert-OH is 1. The van der Waals surface area contributed by atoms with Gasteiger partial charge in [0.15, 0.2) is 0 Å². The second kappa shape index (κ2) is 5.60. The number of carbonyl (C=O) groups is 1. The normalized spacial score (nSPS) is 23.6. The topological polar surface area (TPSA) is 62.2 Å². The van der Waals surface area contributed by atoms with Gasteiger partial charge >= 0.3 is 0 Å². The maximum atomic E-state index is 12.0. The number of halogens is 1. The minimum atomic E-state index is -0.178. The number of nitrogens with one attached hydrogen (secondary N) is 1. The van der Waals surface area contributed by atoms with Crippen molar-refractivity contribution in [3.63, 3.8) is 0 Å². The van der Waals surface area contributed by atoms with Crippen molar-refractivity contribution in [1.29, 1.82) is 0 Å². The molecule has 1 amide bonds. The molecule has 0 aromatic carbocycles. The van der Waals surface area contributed by atoms with E-state index in [0.29, 0.717) is 10.2 Å². The zero-order valence-corrected chi connectivity index (χ0v) is 11.0. The van der Waals surface area contributed by atoms with Crippen molar-refractivity contribution >= 4 is 21.8 Å². The number of aliphatic hydroxyl groups is 1. The number of hydrogen-bond donors (Lipinski definition) is 2. The fourth-order valence-electron chi connectivity index (χ4n) is 2.23. The van der Waals surface area contributed by atoms with Crippen molar-refractivity contribution in [3.05, 3.63) is 28.5 Å². The van der Waals surface area contributed by atoms with Gasteiger partial charge in [-0.05, 0) is 40.9 Å². The number of nitrogens with zero attached hydrogens (tertiary/aromatic N) is 1. The molecular formula is C12H15BrN2O2. The summed E-state index contributed by atoms with van der Waals surface area (Å²) in [5.74, 6) is 0.00395. The van der Waals surface area contributed by atoms with Crippen LogP contribution < -0.4 is 5.32 Å². The largest absolute Gasteiger partial charge is 0.396 e. The standard InChI is InChI=1S/C12H15BrN2O2/c13-9-4-2-6-14-11(9)12(17)15-10-5-1-3-8(10)7-16/h2,4,6,8,10,16H,1,3,5,7H2,(H,15,17). The Morgan fingerprint density at radius 2 is 2.41 bits per heavy atom. The SMILES string of the molecule is O=C(NC1CCCC1CO)c1ncccc1Br. The molecule has 0 bridgehead atoms. The Balaban J connectivity index is 2.04. The summed E-state index contributed by atoms with van der Waals surface area (Å²) in [7, 11) is 0. The summed E-state index contributed by atoms with van der Waals surface area (Å²) in [5, 5.41) is 12.1. The van der Waals surface area contributed by atoms with Crippen LogP contribution in [0.4, 0.5) is 0 Å². The van der Waals surface area contributed by atoms with Gasteiger partial charge in [-0.25, -0.2) is 4.98 Å². The first-order valence-electron chi connectivity index (χ1n) is 5.74. The molecule has 1 saturated carbocycles. The maximum absolute atomic E-state index is 12.0. The van der Waals surface area contributed by atoms with Crippen LogP contribution in [0, 0.1) is 5.92 Å². The first kappa shape index (κ1) is 12.5. The average molecular weight is 299 g/mol. The zero-order valence-electron chi connectivity index (χ0n) is 9.40. The lowest BCUT2D eigenvalue weighted by molar-refractivity contribution is 0.0910. The van der Waals surface area contributed by atoms with Gasteiger partial charge in [-0.15, -0.1) is 0 Å². The Kier molecular flexibility index (Phi) is 4.12. The van der Waals surface area contributed by atoms with Crippen molar-refractivity contribution < 1.29 is 9.90 Å². The van der Waals surface area contributed by atoms with Gasteiger partial charge in [-0.3, -0.25) is 4.79 Å². The molecule has 1 aliphatic rings. The van der Waals surface area contributed by atoms with Crippen molar-refractivity contribution in [2.75, 3.05) is 6.61 Å². The van der Waals surface area contributed by atoms with Gasteiger partial charge < -0.3 is 10.4 Å². The van der Waals surface area contributed by atoms with Crippen molar-refractivity contribution in [3.8, 4) is 0 Å². The van der Waals surface area contributed by atoms with Gasteiger partial charge in [0.05, 0.1) is 0 Å². The summed E-state index contributed by atoms with van der Waals surface area (Å²) in [6.45, 7) is 0.133. The molecule has 4 nitrogen and oxygen atoms in total. The van der Waals surface area contributed by atoms with Crippen LogP contribution >= 0.6 is 15.9 Å². The van der Waals surface area contributed by atoms with Crippen LogP contribution in [0.15, 0.2) is 22.8 Å². The Morgan fingerprint density at radius 1 is 1.59 bits per heavy atom. The molecule has 2 N–H and O–H groups in total. The highest BCUT2D eigenvalue weighted by molar-refractivity contribution is 9.10. The van der Waals surface area contributed by atoms with Crippen LogP contribution in [0.2, 0.25) is 0 Å². The third-order valence-electron chi connectivity index (χ3n) is 3.18. The quantitative estimate of drug-likeness (QED) is 0.893. The van der Waals surface area contributed by atoms with Crippen LogP contribution in [0.1, 0.15) is 29.8 Å². The van der Waals surface area contributed by atoms with Gasteiger partial charge in [0, 0.05) is 29.2 Å². The molecule has 1 aromatic heterocycles. The van der Waals surface area contributed by atoms with Crippen molar-refractivity contribution in [2.45, 2.75) is 25.3 Å². The van der Waals surface area contributed by atoms with Gasteiger partial charge in [0.2, 0.25) is 0 Å². The Hall–Kier alpha value is -0.940. The van der Waals surface area contributed by atoms with Crippen LogP contribution in [-0.2, 0) is 0 Å². The molecule has 0 saturated heterocycles. The van der Waals surface area contributed by atoms with Crippen LogP contribution in [0.5, 0.6) is 0 Å². The lowest BCUT2D eigenvalue weighted by Crippen LogP contribution is -2.39. The minimum absolute atomic E-state index is 0.0707. The molecule has 17 heavy (non-hydrogen) atoms. The van der Waals surface area contributed by atoms with Gasteiger partial charge in [0.1, 0.15) is 5.69 Å². The van der Waals surface area contributed by atoms with E-state index in [0.717, 1.165) is 19.3 Å². The van der Waals surface area contributed by atoms with E-state index in [-0.39, 0.29) is 24.5 Å². The van der Waals surface area contributed by atoms with Crippen LogP contribution in [0.3, 0.4) is 0 Å². The molecule has 0 radical (unpaired) electrons.